The highest BCUT2D eigenvalue weighted by Crippen LogP contribution is 2.37. The Hall–Kier alpha value is -3.81. The van der Waals surface area contributed by atoms with Gasteiger partial charge in [-0.3, -0.25) is 9.59 Å². The molecule has 1 atom stereocenters. The summed E-state index contributed by atoms with van der Waals surface area (Å²) in [6.07, 6.45) is 5.62. The molecule has 2 aromatic rings. The fraction of sp³-hybridized carbons (Fsp3) is 0.452. The summed E-state index contributed by atoms with van der Waals surface area (Å²) in [5.74, 6) is 0.199. The van der Waals surface area contributed by atoms with E-state index in [1.165, 1.54) is 0 Å². The van der Waals surface area contributed by atoms with E-state index in [4.69, 9.17) is 9.47 Å². The molecular formula is C31H39N3O5. The molecule has 8 nitrogen and oxygen atoms in total. The Bertz CT molecular complexity index is 1180. The van der Waals surface area contributed by atoms with Gasteiger partial charge in [0.1, 0.15) is 18.0 Å². The topological polar surface area (TPSA) is 97.0 Å². The van der Waals surface area contributed by atoms with E-state index in [0.29, 0.717) is 50.1 Å². The number of rotatable bonds is 2. The normalized spacial score (nSPS) is 20.2. The van der Waals surface area contributed by atoms with Crippen molar-refractivity contribution in [1.82, 2.24) is 15.5 Å². The number of benzene rings is 2. The quantitative estimate of drug-likeness (QED) is 0.554. The van der Waals surface area contributed by atoms with Crippen molar-refractivity contribution in [2.24, 2.45) is 5.41 Å². The van der Waals surface area contributed by atoms with Gasteiger partial charge < -0.3 is 25.0 Å². The summed E-state index contributed by atoms with van der Waals surface area (Å²) in [5.41, 5.74) is 0.259. The second kappa shape index (κ2) is 12.4. The highest BCUT2D eigenvalue weighted by atomic mass is 16.6. The van der Waals surface area contributed by atoms with E-state index in [1.54, 1.807) is 23.1 Å². The largest absolute Gasteiger partial charge is 0.489 e. The minimum atomic E-state index is -0.685. The average molecular weight is 534 g/mol. The minimum absolute atomic E-state index is 0.0652. The van der Waals surface area contributed by atoms with Gasteiger partial charge in [-0.25, -0.2) is 4.79 Å². The zero-order valence-electron chi connectivity index (χ0n) is 23.1. The van der Waals surface area contributed by atoms with Crippen LogP contribution in [0.5, 0.6) is 5.75 Å². The zero-order chi connectivity index (χ0) is 27.9. The third kappa shape index (κ3) is 7.62. The lowest BCUT2D eigenvalue weighted by Crippen LogP contribution is -2.54. The zero-order valence-corrected chi connectivity index (χ0v) is 23.1. The predicted octanol–water partition coefficient (Wildman–Crippen LogP) is 4.50. The third-order valence-electron chi connectivity index (χ3n) is 7.17. The first kappa shape index (κ1) is 28.2. The van der Waals surface area contributed by atoms with Crippen LogP contribution in [0.15, 0.2) is 66.7 Å². The second-order valence-corrected chi connectivity index (χ2v) is 11.3. The number of ether oxygens (including phenoxy) is 2. The molecule has 2 heterocycles. The molecule has 1 saturated heterocycles. The van der Waals surface area contributed by atoms with Gasteiger partial charge in [0.15, 0.2) is 0 Å². The molecule has 0 unspecified atom stereocenters. The number of piperidine rings is 1. The number of hydrogen-bond donors (Lipinski definition) is 2. The summed E-state index contributed by atoms with van der Waals surface area (Å²) >= 11 is 0. The van der Waals surface area contributed by atoms with Gasteiger partial charge in [-0.15, -0.1) is 0 Å². The highest BCUT2D eigenvalue weighted by Gasteiger charge is 2.42. The monoisotopic (exact) mass is 533 g/mol. The van der Waals surface area contributed by atoms with Crippen LogP contribution in [0.3, 0.4) is 0 Å². The first-order chi connectivity index (χ1) is 18.7. The van der Waals surface area contributed by atoms with Gasteiger partial charge in [-0.2, -0.15) is 0 Å². The predicted molar refractivity (Wildman–Crippen MR) is 150 cm³/mol. The lowest BCUT2D eigenvalue weighted by atomic mass is 9.74. The number of allylic oxidation sites excluding steroid dienone is 1. The van der Waals surface area contributed by atoms with Gasteiger partial charge in [0.25, 0.3) is 5.91 Å². The number of hydrogen-bond acceptors (Lipinski definition) is 5. The fourth-order valence-electron chi connectivity index (χ4n) is 4.99. The molecule has 208 valence electrons. The van der Waals surface area contributed by atoms with E-state index >= 15 is 0 Å². The van der Waals surface area contributed by atoms with Crippen molar-refractivity contribution in [1.29, 1.82) is 0 Å². The third-order valence-corrected chi connectivity index (χ3v) is 7.17. The maximum absolute atomic E-state index is 13.9. The van der Waals surface area contributed by atoms with Crippen molar-refractivity contribution in [2.45, 2.75) is 58.1 Å². The standard InChI is InChI=1S/C31H39N3O5/c1-30(2,3)39-29(37)34-18-16-31(17-19-34)15-9-10-20-38-26-14-8-7-13-25(26)27(35)32-22-24(33-28(31)36)21-23-11-5-4-6-12-23/h4-14,24H,15-22H2,1-3H3,(H,32,35)(H,33,36)/t24-/m0/s1. The van der Waals surface area contributed by atoms with Crippen LogP contribution in [0.25, 0.3) is 0 Å². The molecule has 0 aromatic heterocycles. The van der Waals surface area contributed by atoms with Crippen molar-refractivity contribution < 1.29 is 23.9 Å². The van der Waals surface area contributed by atoms with Crippen LogP contribution in [0.1, 0.15) is 56.0 Å². The molecule has 1 spiro atoms. The Morgan fingerprint density at radius 1 is 1.03 bits per heavy atom. The average Bonchev–Trinajstić information content (AvgIpc) is 2.91. The SMILES string of the molecule is CC(C)(C)OC(=O)N1CCC2(CC=CCOc3ccccc3C(=O)NC[C@H](Cc3ccccc3)NC2=O)CC1. The van der Waals surface area contributed by atoms with Gasteiger partial charge >= 0.3 is 6.09 Å². The van der Waals surface area contributed by atoms with E-state index in [2.05, 4.69) is 10.6 Å². The summed E-state index contributed by atoms with van der Waals surface area (Å²) in [6, 6.07) is 16.8. The number of para-hydroxylation sites is 1. The molecule has 0 bridgehead atoms. The van der Waals surface area contributed by atoms with Crippen molar-refractivity contribution in [3.05, 3.63) is 77.9 Å². The van der Waals surface area contributed by atoms with E-state index in [1.807, 2.05) is 69.3 Å². The molecular weight excluding hydrogens is 494 g/mol. The number of fused-ring (bicyclic) bond motifs is 1. The molecule has 0 saturated carbocycles. The molecule has 8 heteroatoms. The number of nitrogens with one attached hydrogen (secondary N) is 2. The first-order valence-electron chi connectivity index (χ1n) is 13.6. The Kier molecular flexibility index (Phi) is 8.94. The Morgan fingerprint density at radius 2 is 1.72 bits per heavy atom. The Labute approximate surface area is 230 Å². The summed E-state index contributed by atoms with van der Waals surface area (Å²) < 4.78 is 11.5. The Balaban J connectivity index is 1.57. The van der Waals surface area contributed by atoms with Crippen molar-refractivity contribution in [2.75, 3.05) is 26.2 Å². The molecule has 1 fully saturated rings. The lowest BCUT2D eigenvalue weighted by molar-refractivity contribution is -0.134. The summed E-state index contributed by atoms with van der Waals surface area (Å²) in [6.45, 7) is 6.95. The number of carbonyl (C=O) groups excluding carboxylic acids is 3. The van der Waals surface area contributed by atoms with Crippen LogP contribution in [-0.4, -0.2) is 60.7 Å². The molecule has 39 heavy (non-hydrogen) atoms. The first-order valence-corrected chi connectivity index (χ1v) is 13.6. The number of amides is 3. The molecule has 2 N–H and O–H groups in total. The highest BCUT2D eigenvalue weighted by molar-refractivity contribution is 5.97. The van der Waals surface area contributed by atoms with E-state index in [9.17, 15) is 14.4 Å². The van der Waals surface area contributed by atoms with Crippen LogP contribution in [0.4, 0.5) is 4.79 Å². The fourth-order valence-corrected chi connectivity index (χ4v) is 4.99. The molecule has 2 aliphatic heterocycles. The number of carbonyl (C=O) groups is 3. The molecule has 0 aliphatic carbocycles. The van der Waals surface area contributed by atoms with E-state index in [-0.39, 0.29) is 37.1 Å². The van der Waals surface area contributed by atoms with Gasteiger partial charge in [0.05, 0.1) is 17.0 Å². The maximum Gasteiger partial charge on any atom is 0.410 e. The summed E-state index contributed by atoms with van der Waals surface area (Å²) in [5, 5.41) is 6.25. The van der Waals surface area contributed by atoms with Gasteiger partial charge in [0.2, 0.25) is 5.91 Å². The van der Waals surface area contributed by atoms with Crippen LogP contribution in [0, 0.1) is 5.41 Å². The Morgan fingerprint density at radius 3 is 2.44 bits per heavy atom. The summed E-state index contributed by atoms with van der Waals surface area (Å²) in [4.78, 5) is 41.3. The van der Waals surface area contributed by atoms with Crippen LogP contribution in [0.2, 0.25) is 0 Å². The van der Waals surface area contributed by atoms with Crippen molar-refractivity contribution >= 4 is 17.9 Å². The smallest absolute Gasteiger partial charge is 0.410 e. The molecule has 2 aliphatic rings. The molecule has 2 aromatic carbocycles. The van der Waals surface area contributed by atoms with Crippen LogP contribution < -0.4 is 15.4 Å². The van der Waals surface area contributed by atoms with Gasteiger partial charge in [-0.05, 0) is 64.2 Å². The van der Waals surface area contributed by atoms with Crippen LogP contribution >= 0.6 is 0 Å². The lowest BCUT2D eigenvalue weighted by Gasteiger charge is -2.41. The number of nitrogens with zero attached hydrogens (tertiary/aromatic N) is 1. The molecule has 4 rings (SSSR count). The number of likely N-dealkylation sites (tertiary alicyclic amines) is 1. The maximum atomic E-state index is 13.9. The van der Waals surface area contributed by atoms with Crippen LogP contribution in [-0.2, 0) is 16.0 Å². The van der Waals surface area contributed by atoms with Crippen molar-refractivity contribution in [3.63, 3.8) is 0 Å². The van der Waals surface area contributed by atoms with Crippen molar-refractivity contribution in [3.8, 4) is 5.75 Å². The second-order valence-electron chi connectivity index (χ2n) is 11.3. The van der Waals surface area contributed by atoms with Gasteiger partial charge in [-0.1, -0.05) is 54.6 Å². The molecule has 0 radical (unpaired) electrons. The van der Waals surface area contributed by atoms with E-state index in [0.717, 1.165) is 5.56 Å². The van der Waals surface area contributed by atoms with Gasteiger partial charge in [0, 0.05) is 19.6 Å². The minimum Gasteiger partial charge on any atom is -0.489 e. The molecule has 3 amide bonds. The summed E-state index contributed by atoms with van der Waals surface area (Å²) in [7, 11) is 0. The van der Waals surface area contributed by atoms with E-state index < -0.39 is 11.0 Å².